The van der Waals surface area contributed by atoms with Crippen LogP contribution in [0.4, 0.5) is 0 Å². The Morgan fingerprint density at radius 3 is 1.54 bits per heavy atom. The third-order valence-electron chi connectivity index (χ3n) is 9.97. The number of hydrogen-bond donors (Lipinski definition) is 1. The lowest BCUT2D eigenvalue weighted by molar-refractivity contribution is -0.870. The monoisotopic (exact) mass is 813 g/mol. The quantitative estimate of drug-likeness (QED) is 0.0215. The highest BCUT2D eigenvalue weighted by atomic mass is 31.2. The van der Waals surface area contributed by atoms with Crippen LogP contribution in [0.15, 0.2) is 36.5 Å². The molecule has 1 N–H and O–H groups in total. The number of nitrogens with zero attached hydrogens (tertiary/aromatic N) is 1. The maximum absolute atomic E-state index is 12.7. The number of allylic oxidation sites excluding steroid dienone is 6. The molecule has 2 atom stereocenters. The second kappa shape index (κ2) is 40.5. The van der Waals surface area contributed by atoms with E-state index in [0.717, 1.165) is 57.8 Å². The van der Waals surface area contributed by atoms with Crippen molar-refractivity contribution in [3.63, 3.8) is 0 Å². The molecule has 0 heterocycles. The van der Waals surface area contributed by atoms with Crippen LogP contribution < -0.4 is 0 Å². The van der Waals surface area contributed by atoms with Gasteiger partial charge in [0.15, 0.2) is 0 Å². The van der Waals surface area contributed by atoms with Crippen molar-refractivity contribution < 1.29 is 37.3 Å². The van der Waals surface area contributed by atoms with Gasteiger partial charge in [0.1, 0.15) is 19.3 Å². The first-order valence-corrected chi connectivity index (χ1v) is 24.7. The molecule has 0 aromatic carbocycles. The summed E-state index contributed by atoms with van der Waals surface area (Å²) in [6, 6.07) is 0. The highest BCUT2D eigenvalue weighted by Crippen LogP contribution is 2.43. The van der Waals surface area contributed by atoms with Gasteiger partial charge in [0.2, 0.25) is 0 Å². The van der Waals surface area contributed by atoms with Crippen LogP contribution in [0, 0.1) is 0 Å². The number of phosphoric ester groups is 1. The fraction of sp³-hybridized carbons (Fsp3) is 0.851. The Morgan fingerprint density at radius 2 is 1.04 bits per heavy atom. The van der Waals surface area contributed by atoms with E-state index >= 15 is 0 Å². The van der Waals surface area contributed by atoms with Gasteiger partial charge >= 0.3 is 13.8 Å². The lowest BCUT2D eigenvalue weighted by Gasteiger charge is -2.24. The van der Waals surface area contributed by atoms with Crippen molar-refractivity contribution in [3.8, 4) is 0 Å². The summed E-state index contributed by atoms with van der Waals surface area (Å²) in [7, 11) is 1.65. The maximum atomic E-state index is 12.7. The molecule has 9 heteroatoms. The molecule has 0 spiro atoms. The number of quaternary nitrogens is 1. The van der Waals surface area contributed by atoms with Crippen LogP contribution in [0.3, 0.4) is 0 Å². The minimum absolute atomic E-state index is 0.0836. The molecule has 2 unspecified atom stereocenters. The molecule has 0 aromatic rings. The molecule has 0 saturated carbocycles. The van der Waals surface area contributed by atoms with Crippen molar-refractivity contribution in [1.29, 1.82) is 0 Å². The van der Waals surface area contributed by atoms with Crippen LogP contribution in [0.2, 0.25) is 0 Å². The van der Waals surface area contributed by atoms with Crippen molar-refractivity contribution >= 4 is 13.8 Å². The minimum atomic E-state index is -4.28. The Balaban J connectivity index is 4.14. The molecule has 0 rings (SSSR count). The van der Waals surface area contributed by atoms with Gasteiger partial charge in [-0.2, -0.15) is 0 Å². The van der Waals surface area contributed by atoms with Gasteiger partial charge in [-0.1, -0.05) is 185 Å². The van der Waals surface area contributed by atoms with E-state index in [9.17, 15) is 14.3 Å². The van der Waals surface area contributed by atoms with Crippen LogP contribution in [0.5, 0.6) is 0 Å². The van der Waals surface area contributed by atoms with E-state index in [0.29, 0.717) is 24.1 Å². The SMILES string of the molecule is CC/C=C\C/C=C\C/C=C\CCCCCC(=O)OC(COCCCCCCCCCCCCCCCCCCCCCCC)COP(=O)(O)OCC[N+](C)(C)C. The third kappa shape index (κ3) is 43.8. The average Bonchev–Trinajstić information content (AvgIpc) is 3.15. The van der Waals surface area contributed by atoms with Crippen LogP contribution in [-0.2, 0) is 27.9 Å². The molecule has 0 aliphatic carbocycles. The van der Waals surface area contributed by atoms with E-state index in [1.165, 1.54) is 122 Å². The molecular formula is C47H91NO7P+. The summed E-state index contributed by atoms with van der Waals surface area (Å²) in [4.78, 5) is 22.9. The Bertz CT molecular complexity index is 994. The predicted octanol–water partition coefficient (Wildman–Crippen LogP) is 13.8. The first-order valence-electron chi connectivity index (χ1n) is 23.2. The fourth-order valence-electron chi connectivity index (χ4n) is 6.39. The molecule has 0 radical (unpaired) electrons. The first-order chi connectivity index (χ1) is 27.1. The number of rotatable bonds is 43. The molecule has 0 bridgehead atoms. The summed E-state index contributed by atoms with van der Waals surface area (Å²) in [6.07, 6.45) is 47.6. The second-order valence-corrected chi connectivity index (χ2v) is 18.2. The summed E-state index contributed by atoms with van der Waals surface area (Å²) in [5, 5.41) is 0. The van der Waals surface area contributed by atoms with E-state index in [-0.39, 0.29) is 25.8 Å². The topological polar surface area (TPSA) is 91.3 Å². The number of unbranched alkanes of at least 4 members (excludes halogenated alkanes) is 23. The van der Waals surface area contributed by atoms with Gasteiger partial charge < -0.3 is 18.9 Å². The molecule has 56 heavy (non-hydrogen) atoms. The number of hydrogen-bond acceptors (Lipinski definition) is 6. The predicted molar refractivity (Wildman–Crippen MR) is 238 cm³/mol. The number of esters is 1. The van der Waals surface area contributed by atoms with Crippen LogP contribution in [0.25, 0.3) is 0 Å². The summed E-state index contributed by atoms with van der Waals surface area (Å²) < 4.78 is 35.0. The van der Waals surface area contributed by atoms with E-state index in [2.05, 4.69) is 50.3 Å². The number of ether oxygens (including phenoxy) is 2. The van der Waals surface area contributed by atoms with Crippen LogP contribution >= 0.6 is 7.82 Å². The number of phosphoric acid groups is 1. The molecule has 8 nitrogen and oxygen atoms in total. The molecule has 0 fully saturated rings. The zero-order valence-corrected chi connectivity index (χ0v) is 38.3. The molecule has 330 valence electrons. The summed E-state index contributed by atoms with van der Waals surface area (Å²) in [6.45, 7) is 5.49. The van der Waals surface area contributed by atoms with Gasteiger partial charge in [0, 0.05) is 13.0 Å². The van der Waals surface area contributed by atoms with Gasteiger partial charge in [-0.15, -0.1) is 0 Å². The summed E-state index contributed by atoms with van der Waals surface area (Å²) >= 11 is 0. The molecule has 0 amide bonds. The van der Waals surface area contributed by atoms with Crippen molar-refractivity contribution in [2.75, 3.05) is 54.1 Å². The minimum Gasteiger partial charge on any atom is -0.457 e. The lowest BCUT2D eigenvalue weighted by Crippen LogP contribution is -2.37. The first kappa shape index (κ1) is 54.7. The van der Waals surface area contributed by atoms with E-state index < -0.39 is 13.9 Å². The second-order valence-electron chi connectivity index (χ2n) is 16.8. The molecular weight excluding hydrogens is 721 g/mol. The van der Waals surface area contributed by atoms with E-state index in [1.807, 2.05) is 21.1 Å². The van der Waals surface area contributed by atoms with Crippen LogP contribution in [-0.4, -0.2) is 75.6 Å². The standard InChI is InChI=1S/C47H90NO7P/c1-6-8-10-12-14-16-18-20-21-22-23-24-25-26-27-29-31-33-35-37-39-42-52-44-46(45-54-56(50,51)53-43-41-48(3,4)5)55-47(49)40-38-36-34-32-30-28-19-17-15-13-11-9-7-2/h9,11,15,17,28,30,46H,6-8,10,12-14,16,18-27,29,31-45H2,1-5H3/p+1/b11-9-,17-15-,30-28-. The number of carbonyl (C=O) groups excluding carboxylic acids is 1. The van der Waals surface area contributed by atoms with E-state index in [4.69, 9.17) is 18.5 Å². The zero-order chi connectivity index (χ0) is 41.3. The Kier molecular flexibility index (Phi) is 39.6. The smallest absolute Gasteiger partial charge is 0.457 e. The highest BCUT2D eigenvalue weighted by Gasteiger charge is 2.26. The molecule has 0 aromatic heterocycles. The number of carbonyl (C=O) groups is 1. The van der Waals surface area contributed by atoms with Gasteiger partial charge in [-0.05, 0) is 44.9 Å². The Morgan fingerprint density at radius 1 is 0.571 bits per heavy atom. The summed E-state index contributed by atoms with van der Waals surface area (Å²) in [5.41, 5.74) is 0. The largest absolute Gasteiger partial charge is 0.472 e. The van der Waals surface area contributed by atoms with Gasteiger partial charge in [-0.25, -0.2) is 4.57 Å². The van der Waals surface area contributed by atoms with Gasteiger partial charge in [0.05, 0.1) is 34.4 Å². The van der Waals surface area contributed by atoms with Crippen molar-refractivity contribution in [3.05, 3.63) is 36.5 Å². The van der Waals surface area contributed by atoms with Crippen molar-refractivity contribution in [2.24, 2.45) is 0 Å². The lowest BCUT2D eigenvalue weighted by atomic mass is 10.0. The van der Waals surface area contributed by atoms with Crippen molar-refractivity contribution in [1.82, 2.24) is 0 Å². The Hall–Kier alpha value is -1.28. The third-order valence-corrected chi connectivity index (χ3v) is 11.0. The van der Waals surface area contributed by atoms with Gasteiger partial charge in [-0.3, -0.25) is 13.8 Å². The summed E-state index contributed by atoms with van der Waals surface area (Å²) in [5.74, 6) is -0.340. The normalized spacial score (nSPS) is 14.0. The Labute approximate surface area is 346 Å². The van der Waals surface area contributed by atoms with Gasteiger partial charge in [0.25, 0.3) is 0 Å². The molecule has 0 aliphatic heterocycles. The average molecular weight is 813 g/mol. The highest BCUT2D eigenvalue weighted by molar-refractivity contribution is 7.47. The van der Waals surface area contributed by atoms with Crippen molar-refractivity contribution in [2.45, 2.75) is 206 Å². The fourth-order valence-corrected chi connectivity index (χ4v) is 7.13. The van der Waals surface area contributed by atoms with E-state index in [1.54, 1.807) is 0 Å². The maximum Gasteiger partial charge on any atom is 0.472 e. The number of likely N-dealkylation sites (N-methyl/N-ethyl adjacent to an activating group) is 1. The molecule has 0 aliphatic rings. The molecule has 0 saturated heterocycles. The van der Waals surface area contributed by atoms with Crippen LogP contribution in [0.1, 0.15) is 200 Å². The zero-order valence-electron chi connectivity index (χ0n) is 37.4.